The normalized spacial score (nSPS) is 19.8. The Bertz CT molecular complexity index is 349. The van der Waals surface area contributed by atoms with Gasteiger partial charge < -0.3 is 15.2 Å². The third kappa shape index (κ3) is 1.44. The first-order chi connectivity index (χ1) is 6.72. The second kappa shape index (κ2) is 3.50. The average molecular weight is 193 g/mol. The third-order valence-corrected chi connectivity index (χ3v) is 2.58. The monoisotopic (exact) mass is 193 g/mol. The van der Waals surface area contributed by atoms with E-state index in [1.165, 1.54) is 5.56 Å². The third-order valence-electron chi connectivity index (χ3n) is 2.58. The molecular weight excluding hydrogens is 178 g/mol. The van der Waals surface area contributed by atoms with Gasteiger partial charge in [-0.2, -0.15) is 0 Å². The summed E-state index contributed by atoms with van der Waals surface area (Å²) in [4.78, 5) is 0. The van der Waals surface area contributed by atoms with Crippen molar-refractivity contribution < 1.29 is 9.47 Å². The summed E-state index contributed by atoms with van der Waals surface area (Å²) >= 11 is 0. The summed E-state index contributed by atoms with van der Waals surface area (Å²) in [7, 11) is 1.67. The molecule has 14 heavy (non-hydrogen) atoms. The first kappa shape index (κ1) is 9.34. The molecule has 1 unspecified atom stereocenters. The van der Waals surface area contributed by atoms with Gasteiger partial charge in [-0.1, -0.05) is 6.07 Å². The number of rotatable bonds is 1. The summed E-state index contributed by atoms with van der Waals surface area (Å²) < 4.78 is 10.8. The Labute approximate surface area is 83.8 Å². The van der Waals surface area contributed by atoms with Gasteiger partial charge in [0.05, 0.1) is 7.11 Å². The molecule has 2 N–H and O–H groups in total. The lowest BCUT2D eigenvalue weighted by atomic mass is 10.00. The van der Waals surface area contributed by atoms with Gasteiger partial charge in [0.1, 0.15) is 18.1 Å². The van der Waals surface area contributed by atoms with Gasteiger partial charge in [0.2, 0.25) is 0 Å². The maximum atomic E-state index is 5.81. The van der Waals surface area contributed by atoms with E-state index in [4.69, 9.17) is 15.2 Å². The van der Waals surface area contributed by atoms with Crippen molar-refractivity contribution in [3.8, 4) is 11.5 Å². The number of nitrogens with two attached hydrogens (primary N) is 1. The topological polar surface area (TPSA) is 44.5 Å². The Morgan fingerprint density at radius 3 is 3.00 bits per heavy atom. The molecule has 3 nitrogen and oxygen atoms in total. The summed E-state index contributed by atoms with van der Waals surface area (Å²) in [5, 5.41) is 0. The van der Waals surface area contributed by atoms with E-state index in [9.17, 15) is 0 Å². The van der Waals surface area contributed by atoms with Crippen LogP contribution in [0.2, 0.25) is 0 Å². The van der Waals surface area contributed by atoms with Crippen LogP contribution in [0.15, 0.2) is 12.1 Å². The van der Waals surface area contributed by atoms with Crippen LogP contribution in [0.25, 0.3) is 0 Å². The highest BCUT2D eigenvalue weighted by atomic mass is 16.5. The molecule has 0 saturated carbocycles. The number of hydrogen-bond donors (Lipinski definition) is 1. The van der Waals surface area contributed by atoms with Crippen molar-refractivity contribution in [2.45, 2.75) is 19.4 Å². The summed E-state index contributed by atoms with van der Waals surface area (Å²) in [6.45, 7) is 2.61. The first-order valence-corrected chi connectivity index (χ1v) is 4.77. The van der Waals surface area contributed by atoms with E-state index in [1.54, 1.807) is 7.11 Å². The molecule has 3 heteroatoms. The highest BCUT2D eigenvalue weighted by Gasteiger charge is 2.19. The first-order valence-electron chi connectivity index (χ1n) is 4.77. The van der Waals surface area contributed by atoms with E-state index in [-0.39, 0.29) is 6.04 Å². The molecule has 1 aliphatic rings. The lowest BCUT2D eigenvalue weighted by Crippen LogP contribution is -2.34. The SMILES string of the molecule is COc1ccc2c(c1C)OCC(N)C2. The summed E-state index contributed by atoms with van der Waals surface area (Å²) in [6, 6.07) is 4.12. The molecular formula is C11H15NO2. The second-order valence-electron chi connectivity index (χ2n) is 3.66. The van der Waals surface area contributed by atoms with Crippen LogP contribution < -0.4 is 15.2 Å². The van der Waals surface area contributed by atoms with Gasteiger partial charge in [-0.05, 0) is 25.0 Å². The van der Waals surface area contributed by atoms with Crippen LogP contribution in [0.1, 0.15) is 11.1 Å². The zero-order chi connectivity index (χ0) is 10.1. The Hall–Kier alpha value is -1.22. The van der Waals surface area contributed by atoms with E-state index in [0.29, 0.717) is 6.61 Å². The van der Waals surface area contributed by atoms with Gasteiger partial charge >= 0.3 is 0 Å². The van der Waals surface area contributed by atoms with Crippen LogP contribution >= 0.6 is 0 Å². The Kier molecular flexibility index (Phi) is 2.33. The van der Waals surface area contributed by atoms with E-state index in [2.05, 4.69) is 0 Å². The van der Waals surface area contributed by atoms with Crippen molar-refractivity contribution >= 4 is 0 Å². The molecule has 0 radical (unpaired) electrons. The number of hydrogen-bond acceptors (Lipinski definition) is 3. The van der Waals surface area contributed by atoms with Crippen LogP contribution in [-0.2, 0) is 6.42 Å². The minimum Gasteiger partial charge on any atom is -0.496 e. The summed E-state index contributed by atoms with van der Waals surface area (Å²) in [5.74, 6) is 1.82. The molecule has 0 bridgehead atoms. The fraction of sp³-hybridized carbons (Fsp3) is 0.455. The molecule has 0 aliphatic carbocycles. The zero-order valence-corrected chi connectivity index (χ0v) is 8.54. The molecule has 0 aromatic heterocycles. The predicted molar refractivity (Wildman–Crippen MR) is 54.9 cm³/mol. The molecule has 76 valence electrons. The summed E-state index contributed by atoms with van der Waals surface area (Å²) in [6.07, 6.45) is 0.889. The van der Waals surface area contributed by atoms with Crippen molar-refractivity contribution in [3.63, 3.8) is 0 Å². The van der Waals surface area contributed by atoms with Gasteiger partial charge in [-0.25, -0.2) is 0 Å². The highest BCUT2D eigenvalue weighted by molar-refractivity contribution is 5.50. The lowest BCUT2D eigenvalue weighted by molar-refractivity contribution is 0.259. The number of fused-ring (bicyclic) bond motifs is 1. The highest BCUT2D eigenvalue weighted by Crippen LogP contribution is 2.34. The fourth-order valence-electron chi connectivity index (χ4n) is 1.84. The molecule has 0 spiro atoms. The fourth-order valence-corrected chi connectivity index (χ4v) is 1.84. The standard InChI is InChI=1S/C11H15NO2/c1-7-10(13-2)4-3-8-5-9(12)6-14-11(7)8/h3-4,9H,5-6,12H2,1-2H3. The van der Waals surface area contributed by atoms with Gasteiger partial charge in [-0.3, -0.25) is 0 Å². The smallest absolute Gasteiger partial charge is 0.129 e. The maximum Gasteiger partial charge on any atom is 0.129 e. The van der Waals surface area contributed by atoms with Crippen molar-refractivity contribution in [3.05, 3.63) is 23.3 Å². The molecule has 0 fully saturated rings. The summed E-state index contributed by atoms with van der Waals surface area (Å²) in [5.41, 5.74) is 8.06. The van der Waals surface area contributed by atoms with Crippen molar-refractivity contribution in [1.82, 2.24) is 0 Å². The molecule has 1 atom stereocenters. The largest absolute Gasteiger partial charge is 0.496 e. The van der Waals surface area contributed by atoms with Gasteiger partial charge in [0.15, 0.2) is 0 Å². The molecule has 1 heterocycles. The lowest BCUT2D eigenvalue weighted by Gasteiger charge is -2.24. The quantitative estimate of drug-likeness (QED) is 0.730. The van der Waals surface area contributed by atoms with Crippen molar-refractivity contribution in [2.75, 3.05) is 13.7 Å². The number of benzene rings is 1. The number of methoxy groups -OCH3 is 1. The van der Waals surface area contributed by atoms with Gasteiger partial charge in [0, 0.05) is 11.6 Å². The van der Waals surface area contributed by atoms with Crippen LogP contribution in [0, 0.1) is 6.92 Å². The van der Waals surface area contributed by atoms with Crippen LogP contribution in [0.4, 0.5) is 0 Å². The Balaban J connectivity index is 2.43. The maximum absolute atomic E-state index is 5.81. The Morgan fingerprint density at radius 1 is 1.50 bits per heavy atom. The Morgan fingerprint density at radius 2 is 2.29 bits per heavy atom. The minimum atomic E-state index is 0.121. The average Bonchev–Trinajstić information content (AvgIpc) is 2.18. The molecule has 1 aliphatic heterocycles. The van der Waals surface area contributed by atoms with Crippen LogP contribution in [-0.4, -0.2) is 19.8 Å². The minimum absolute atomic E-state index is 0.121. The molecule has 1 aromatic carbocycles. The van der Waals surface area contributed by atoms with E-state index >= 15 is 0 Å². The second-order valence-corrected chi connectivity index (χ2v) is 3.66. The molecule has 2 rings (SSSR count). The molecule has 1 aromatic rings. The van der Waals surface area contributed by atoms with Gasteiger partial charge in [-0.15, -0.1) is 0 Å². The zero-order valence-electron chi connectivity index (χ0n) is 8.54. The van der Waals surface area contributed by atoms with E-state index in [1.807, 2.05) is 19.1 Å². The molecule has 0 amide bonds. The van der Waals surface area contributed by atoms with Crippen molar-refractivity contribution in [2.24, 2.45) is 5.73 Å². The van der Waals surface area contributed by atoms with E-state index in [0.717, 1.165) is 23.5 Å². The van der Waals surface area contributed by atoms with E-state index < -0.39 is 0 Å². The van der Waals surface area contributed by atoms with Crippen LogP contribution in [0.5, 0.6) is 11.5 Å². The van der Waals surface area contributed by atoms with Gasteiger partial charge in [0.25, 0.3) is 0 Å². The molecule has 0 saturated heterocycles. The number of ether oxygens (including phenoxy) is 2. The van der Waals surface area contributed by atoms with Crippen molar-refractivity contribution in [1.29, 1.82) is 0 Å². The van der Waals surface area contributed by atoms with Crippen LogP contribution in [0.3, 0.4) is 0 Å². The predicted octanol–water partition coefficient (Wildman–Crippen LogP) is 1.27.